The van der Waals surface area contributed by atoms with Gasteiger partial charge < -0.3 is 15.0 Å². The van der Waals surface area contributed by atoms with E-state index in [0.29, 0.717) is 30.5 Å². The van der Waals surface area contributed by atoms with Crippen molar-refractivity contribution in [1.29, 1.82) is 0 Å². The third-order valence-electron chi connectivity index (χ3n) is 4.02. The van der Waals surface area contributed by atoms with Crippen LogP contribution in [0.1, 0.15) is 16.8 Å². The molecule has 140 valence electrons. The molecule has 2 N–H and O–H groups in total. The Morgan fingerprint density at radius 3 is 2.71 bits per heavy atom. The van der Waals surface area contributed by atoms with E-state index in [1.807, 2.05) is 36.4 Å². The summed E-state index contributed by atoms with van der Waals surface area (Å²) in [5.41, 5.74) is 9.41. The summed E-state index contributed by atoms with van der Waals surface area (Å²) in [6.07, 6.45) is 5.72. The Kier molecular flexibility index (Phi) is 5.29. The minimum absolute atomic E-state index is 0.412. The fraction of sp³-hybridized carbons (Fsp3) is 0.100. The maximum atomic E-state index is 5.88. The fourth-order valence-electron chi connectivity index (χ4n) is 2.65. The molecule has 8 heteroatoms. The third kappa shape index (κ3) is 4.34. The number of anilines is 1. The smallest absolute Gasteiger partial charge is 0.213 e. The highest BCUT2D eigenvalue weighted by Gasteiger charge is 2.11. The number of ether oxygens (including phenoxy) is 1. The summed E-state index contributed by atoms with van der Waals surface area (Å²) in [5, 5.41) is 4.11. The summed E-state index contributed by atoms with van der Waals surface area (Å²) in [6.45, 7) is 0.423. The van der Waals surface area contributed by atoms with Gasteiger partial charge in [-0.25, -0.2) is 15.0 Å². The highest BCUT2D eigenvalue weighted by molar-refractivity contribution is 9.10. The molecule has 0 saturated heterocycles. The lowest BCUT2D eigenvalue weighted by Crippen LogP contribution is -1.98. The number of nitrogens with zero attached hydrogens (tertiary/aromatic N) is 4. The Morgan fingerprint density at radius 1 is 1.00 bits per heavy atom. The molecule has 0 fully saturated rings. The number of hydrogen-bond acceptors (Lipinski definition) is 7. The molecule has 0 atom stereocenters. The average molecular weight is 438 g/mol. The Hall–Kier alpha value is -3.26. The van der Waals surface area contributed by atoms with Crippen LogP contribution in [0.4, 0.5) is 5.82 Å². The minimum Gasteiger partial charge on any atom is -0.473 e. The van der Waals surface area contributed by atoms with E-state index in [-0.39, 0.29) is 0 Å². The Morgan fingerprint density at radius 2 is 1.93 bits per heavy atom. The Bertz CT molecular complexity index is 1080. The molecule has 7 nitrogen and oxygen atoms in total. The van der Waals surface area contributed by atoms with Gasteiger partial charge in [-0.1, -0.05) is 11.2 Å². The van der Waals surface area contributed by atoms with Crippen molar-refractivity contribution in [3.8, 4) is 17.2 Å². The molecule has 4 aromatic rings. The van der Waals surface area contributed by atoms with Gasteiger partial charge in [0.1, 0.15) is 17.0 Å². The van der Waals surface area contributed by atoms with Crippen LogP contribution < -0.4 is 10.5 Å². The first kappa shape index (κ1) is 18.1. The van der Waals surface area contributed by atoms with Crippen molar-refractivity contribution in [1.82, 2.24) is 20.1 Å². The van der Waals surface area contributed by atoms with Gasteiger partial charge in [-0.2, -0.15) is 0 Å². The monoisotopic (exact) mass is 437 g/mol. The number of halogens is 1. The zero-order valence-electron chi connectivity index (χ0n) is 14.7. The molecule has 0 bridgehead atoms. The van der Waals surface area contributed by atoms with E-state index >= 15 is 0 Å². The van der Waals surface area contributed by atoms with Crippen LogP contribution in [0.3, 0.4) is 0 Å². The highest BCUT2D eigenvalue weighted by atomic mass is 79.9. The first-order chi connectivity index (χ1) is 13.7. The first-order valence-electron chi connectivity index (χ1n) is 8.52. The van der Waals surface area contributed by atoms with E-state index in [1.165, 1.54) is 0 Å². The van der Waals surface area contributed by atoms with Crippen molar-refractivity contribution in [2.45, 2.75) is 13.0 Å². The van der Waals surface area contributed by atoms with Gasteiger partial charge in [-0.3, -0.25) is 0 Å². The lowest BCUT2D eigenvalue weighted by Gasteiger charge is -2.06. The summed E-state index contributed by atoms with van der Waals surface area (Å²) in [4.78, 5) is 12.5. The molecule has 0 spiro atoms. The van der Waals surface area contributed by atoms with Crippen LogP contribution in [-0.2, 0) is 13.0 Å². The highest BCUT2D eigenvalue weighted by Crippen LogP contribution is 2.25. The lowest BCUT2D eigenvalue weighted by atomic mass is 10.1. The van der Waals surface area contributed by atoms with Crippen LogP contribution >= 0.6 is 15.9 Å². The predicted octanol–water partition coefficient (Wildman–Crippen LogP) is 4.04. The second-order valence-electron chi connectivity index (χ2n) is 6.08. The van der Waals surface area contributed by atoms with E-state index in [0.717, 1.165) is 27.0 Å². The zero-order valence-corrected chi connectivity index (χ0v) is 16.3. The van der Waals surface area contributed by atoms with Gasteiger partial charge in [0.15, 0.2) is 5.76 Å². The second kappa shape index (κ2) is 8.18. The SMILES string of the molecule is Nc1ncccc1-c1cc(Cc2ccc(OCc3ccnc(Br)c3)nc2)no1. The maximum Gasteiger partial charge on any atom is 0.213 e. The van der Waals surface area contributed by atoms with Crippen LogP contribution in [-0.4, -0.2) is 20.1 Å². The first-order valence-corrected chi connectivity index (χ1v) is 9.31. The molecule has 0 aliphatic heterocycles. The molecule has 0 unspecified atom stereocenters. The summed E-state index contributed by atoms with van der Waals surface area (Å²) >= 11 is 3.34. The van der Waals surface area contributed by atoms with Crippen LogP contribution in [0.5, 0.6) is 5.88 Å². The van der Waals surface area contributed by atoms with Crippen LogP contribution in [0.15, 0.2) is 70.2 Å². The molecule has 0 aliphatic rings. The maximum absolute atomic E-state index is 5.88. The minimum atomic E-state index is 0.412. The number of nitrogens with two attached hydrogens (primary N) is 1. The van der Waals surface area contributed by atoms with Gasteiger partial charge in [-0.15, -0.1) is 0 Å². The molecule has 4 heterocycles. The van der Waals surface area contributed by atoms with E-state index in [2.05, 4.69) is 36.0 Å². The molecule has 0 aliphatic carbocycles. The van der Waals surface area contributed by atoms with Crippen molar-refractivity contribution >= 4 is 21.7 Å². The molecule has 28 heavy (non-hydrogen) atoms. The third-order valence-corrected chi connectivity index (χ3v) is 4.46. The van der Waals surface area contributed by atoms with Crippen LogP contribution in [0.2, 0.25) is 0 Å². The average Bonchev–Trinajstić information content (AvgIpc) is 3.16. The van der Waals surface area contributed by atoms with Crippen molar-refractivity contribution < 1.29 is 9.26 Å². The number of aromatic nitrogens is 4. The fourth-order valence-corrected chi connectivity index (χ4v) is 3.06. The van der Waals surface area contributed by atoms with Crippen molar-refractivity contribution in [3.05, 3.63) is 82.5 Å². The van der Waals surface area contributed by atoms with Gasteiger partial charge in [0, 0.05) is 37.1 Å². The second-order valence-corrected chi connectivity index (χ2v) is 6.89. The van der Waals surface area contributed by atoms with E-state index in [4.69, 9.17) is 15.0 Å². The summed E-state index contributed by atoms with van der Waals surface area (Å²) in [7, 11) is 0. The van der Waals surface area contributed by atoms with Crippen molar-refractivity contribution in [2.24, 2.45) is 0 Å². The number of rotatable bonds is 6. The van der Waals surface area contributed by atoms with Gasteiger partial charge in [-0.05, 0) is 51.3 Å². The van der Waals surface area contributed by atoms with E-state index in [9.17, 15) is 0 Å². The molecular weight excluding hydrogens is 422 g/mol. The molecule has 4 rings (SSSR count). The predicted molar refractivity (Wildman–Crippen MR) is 107 cm³/mol. The largest absolute Gasteiger partial charge is 0.473 e. The summed E-state index contributed by atoms with van der Waals surface area (Å²) in [5.74, 6) is 1.56. The van der Waals surface area contributed by atoms with Gasteiger partial charge in [0.2, 0.25) is 5.88 Å². The normalized spacial score (nSPS) is 10.8. The zero-order chi connectivity index (χ0) is 19.3. The Labute approximate surface area is 169 Å². The number of nitrogen functional groups attached to an aromatic ring is 1. The summed E-state index contributed by atoms with van der Waals surface area (Å²) in [6, 6.07) is 13.1. The topological polar surface area (TPSA) is 100.0 Å². The van der Waals surface area contributed by atoms with Crippen molar-refractivity contribution in [2.75, 3.05) is 5.73 Å². The molecule has 4 aromatic heterocycles. The molecule has 0 aromatic carbocycles. The Balaban J connectivity index is 1.39. The molecule has 0 amide bonds. The van der Waals surface area contributed by atoms with Gasteiger partial charge >= 0.3 is 0 Å². The van der Waals surface area contributed by atoms with Crippen molar-refractivity contribution in [3.63, 3.8) is 0 Å². The standard InChI is InChI=1S/C20H16BrN5O2/c21-18-9-14(5-7-23-18)12-27-19-4-3-13(11-25-19)8-15-10-17(28-26-15)16-2-1-6-24-20(16)22/h1-7,9-11H,8,12H2,(H2,22,24). The van der Waals surface area contributed by atoms with Gasteiger partial charge in [0.25, 0.3) is 0 Å². The molecular formula is C20H16BrN5O2. The van der Waals surface area contributed by atoms with E-state index in [1.54, 1.807) is 24.7 Å². The number of pyridine rings is 3. The van der Waals surface area contributed by atoms with Crippen LogP contribution in [0.25, 0.3) is 11.3 Å². The molecule has 0 radical (unpaired) electrons. The quantitative estimate of drug-likeness (QED) is 0.454. The number of hydrogen-bond donors (Lipinski definition) is 1. The van der Waals surface area contributed by atoms with E-state index < -0.39 is 0 Å². The van der Waals surface area contributed by atoms with Gasteiger partial charge in [0.05, 0.1) is 11.3 Å². The molecule has 0 saturated carbocycles. The summed E-state index contributed by atoms with van der Waals surface area (Å²) < 4.78 is 11.9. The van der Waals surface area contributed by atoms with Crippen LogP contribution in [0, 0.1) is 0 Å². The lowest BCUT2D eigenvalue weighted by molar-refractivity contribution is 0.293.